The summed E-state index contributed by atoms with van der Waals surface area (Å²) in [5.74, 6) is 0.626. The summed E-state index contributed by atoms with van der Waals surface area (Å²) < 4.78 is 11.3. The average Bonchev–Trinajstić information content (AvgIpc) is 2.87. The molecule has 0 aromatic carbocycles. The highest BCUT2D eigenvalue weighted by Crippen LogP contribution is 2.52. The van der Waals surface area contributed by atoms with E-state index in [1.54, 1.807) is 0 Å². The summed E-state index contributed by atoms with van der Waals surface area (Å²) >= 11 is 0. The van der Waals surface area contributed by atoms with E-state index in [1.807, 2.05) is 6.92 Å². The van der Waals surface area contributed by atoms with Gasteiger partial charge in [0.1, 0.15) is 5.60 Å². The minimum absolute atomic E-state index is 0.0659. The molecule has 2 aliphatic heterocycles. The van der Waals surface area contributed by atoms with Crippen molar-refractivity contribution in [3.8, 4) is 0 Å². The number of rotatable bonds is 3. The van der Waals surface area contributed by atoms with Crippen molar-refractivity contribution in [2.75, 3.05) is 19.8 Å². The van der Waals surface area contributed by atoms with Gasteiger partial charge in [-0.25, -0.2) is 0 Å². The SMILES string of the molecule is CC1OCCC1(O)CNC1C2CCOC2C1(C)C. The van der Waals surface area contributed by atoms with Crippen molar-refractivity contribution in [2.24, 2.45) is 11.3 Å². The van der Waals surface area contributed by atoms with Crippen LogP contribution < -0.4 is 5.32 Å². The van der Waals surface area contributed by atoms with Crippen molar-refractivity contribution in [1.29, 1.82) is 0 Å². The lowest BCUT2D eigenvalue weighted by atomic mass is 9.57. The molecule has 0 amide bonds. The van der Waals surface area contributed by atoms with Crippen LogP contribution in [0.3, 0.4) is 0 Å². The molecule has 3 rings (SSSR count). The maximum atomic E-state index is 10.5. The van der Waals surface area contributed by atoms with Crippen molar-refractivity contribution >= 4 is 0 Å². The van der Waals surface area contributed by atoms with Gasteiger partial charge in [0.2, 0.25) is 0 Å². The number of aliphatic hydroxyl groups is 1. The zero-order valence-corrected chi connectivity index (χ0v) is 11.6. The molecule has 0 aromatic rings. The summed E-state index contributed by atoms with van der Waals surface area (Å²) in [6.45, 7) is 8.67. The molecular weight excluding hydrogens is 230 g/mol. The van der Waals surface area contributed by atoms with E-state index in [0.29, 0.717) is 31.2 Å². The summed E-state index contributed by atoms with van der Waals surface area (Å²) in [6.07, 6.45) is 2.22. The molecule has 3 aliphatic rings. The first-order valence-electron chi connectivity index (χ1n) is 7.14. The van der Waals surface area contributed by atoms with Crippen molar-refractivity contribution in [3.63, 3.8) is 0 Å². The topological polar surface area (TPSA) is 50.7 Å². The minimum atomic E-state index is -0.694. The summed E-state index contributed by atoms with van der Waals surface area (Å²) in [7, 11) is 0. The Balaban J connectivity index is 1.60. The molecule has 2 heterocycles. The van der Waals surface area contributed by atoms with Gasteiger partial charge in [0.05, 0.1) is 12.2 Å². The Bertz CT molecular complexity index is 333. The van der Waals surface area contributed by atoms with E-state index < -0.39 is 5.60 Å². The van der Waals surface area contributed by atoms with Crippen LogP contribution in [0.2, 0.25) is 0 Å². The van der Waals surface area contributed by atoms with E-state index in [-0.39, 0.29) is 11.5 Å². The van der Waals surface area contributed by atoms with Gasteiger partial charge in [0, 0.05) is 43.6 Å². The van der Waals surface area contributed by atoms with Gasteiger partial charge in [-0.1, -0.05) is 13.8 Å². The molecule has 4 nitrogen and oxygen atoms in total. The molecule has 2 N–H and O–H groups in total. The van der Waals surface area contributed by atoms with Crippen LogP contribution in [0.25, 0.3) is 0 Å². The number of nitrogens with one attached hydrogen (secondary N) is 1. The second-order valence-electron chi connectivity index (χ2n) is 6.79. The van der Waals surface area contributed by atoms with Gasteiger partial charge >= 0.3 is 0 Å². The number of fused-ring (bicyclic) bond motifs is 1. The van der Waals surface area contributed by atoms with Crippen LogP contribution in [-0.4, -0.2) is 48.7 Å². The second-order valence-corrected chi connectivity index (χ2v) is 6.79. The van der Waals surface area contributed by atoms with Crippen molar-refractivity contribution in [3.05, 3.63) is 0 Å². The fourth-order valence-electron chi connectivity index (χ4n) is 4.03. The zero-order chi connectivity index (χ0) is 13.0. The molecule has 5 atom stereocenters. The highest BCUT2D eigenvalue weighted by molar-refractivity contribution is 5.12. The fraction of sp³-hybridized carbons (Fsp3) is 1.00. The molecular formula is C14H25NO3. The van der Waals surface area contributed by atoms with Crippen molar-refractivity contribution in [2.45, 2.75) is 57.5 Å². The highest BCUT2D eigenvalue weighted by atomic mass is 16.5. The van der Waals surface area contributed by atoms with E-state index in [0.717, 1.165) is 19.4 Å². The van der Waals surface area contributed by atoms with Crippen LogP contribution in [0.4, 0.5) is 0 Å². The Hall–Kier alpha value is -0.160. The van der Waals surface area contributed by atoms with E-state index in [4.69, 9.17) is 9.47 Å². The van der Waals surface area contributed by atoms with Gasteiger partial charge in [-0.3, -0.25) is 0 Å². The van der Waals surface area contributed by atoms with Gasteiger partial charge in [-0.15, -0.1) is 0 Å². The van der Waals surface area contributed by atoms with Gasteiger partial charge in [-0.05, 0) is 13.3 Å². The summed E-state index contributed by atoms with van der Waals surface area (Å²) in [4.78, 5) is 0. The third-order valence-corrected chi connectivity index (χ3v) is 5.39. The van der Waals surface area contributed by atoms with E-state index in [9.17, 15) is 5.11 Å². The maximum absolute atomic E-state index is 10.5. The molecule has 0 spiro atoms. The predicted molar refractivity (Wildman–Crippen MR) is 68.4 cm³/mol. The van der Waals surface area contributed by atoms with Gasteiger partial charge < -0.3 is 19.9 Å². The van der Waals surface area contributed by atoms with E-state index in [1.165, 1.54) is 0 Å². The van der Waals surface area contributed by atoms with Crippen LogP contribution in [0.5, 0.6) is 0 Å². The van der Waals surface area contributed by atoms with Crippen LogP contribution >= 0.6 is 0 Å². The smallest absolute Gasteiger partial charge is 0.105 e. The molecule has 104 valence electrons. The lowest BCUT2D eigenvalue weighted by molar-refractivity contribution is -0.120. The second kappa shape index (κ2) is 4.17. The maximum Gasteiger partial charge on any atom is 0.105 e. The van der Waals surface area contributed by atoms with Gasteiger partial charge in [-0.2, -0.15) is 0 Å². The monoisotopic (exact) mass is 255 g/mol. The summed E-state index contributed by atoms with van der Waals surface area (Å²) in [6, 6.07) is 0.460. The average molecular weight is 255 g/mol. The molecule has 5 unspecified atom stereocenters. The third-order valence-electron chi connectivity index (χ3n) is 5.39. The predicted octanol–water partition coefficient (Wildman–Crippen LogP) is 0.929. The molecule has 2 saturated heterocycles. The van der Waals surface area contributed by atoms with Crippen LogP contribution in [0, 0.1) is 11.3 Å². The van der Waals surface area contributed by atoms with Crippen molar-refractivity contribution in [1.82, 2.24) is 5.32 Å². The Morgan fingerprint density at radius 1 is 1.28 bits per heavy atom. The first-order chi connectivity index (χ1) is 8.45. The summed E-state index contributed by atoms with van der Waals surface area (Å²) in [5, 5.41) is 14.1. The molecule has 1 saturated carbocycles. The minimum Gasteiger partial charge on any atom is -0.386 e. The zero-order valence-electron chi connectivity index (χ0n) is 11.6. The lowest BCUT2D eigenvalue weighted by Crippen LogP contribution is -2.67. The molecule has 3 fully saturated rings. The molecule has 1 aliphatic carbocycles. The molecule has 0 bridgehead atoms. The fourth-order valence-corrected chi connectivity index (χ4v) is 4.03. The first-order valence-corrected chi connectivity index (χ1v) is 7.14. The van der Waals surface area contributed by atoms with Crippen LogP contribution in [0.15, 0.2) is 0 Å². The van der Waals surface area contributed by atoms with Crippen molar-refractivity contribution < 1.29 is 14.6 Å². The number of ether oxygens (including phenoxy) is 2. The molecule has 18 heavy (non-hydrogen) atoms. The summed E-state index contributed by atoms with van der Waals surface area (Å²) in [5.41, 5.74) is -0.513. The molecule has 0 aromatic heterocycles. The third kappa shape index (κ3) is 1.73. The van der Waals surface area contributed by atoms with Crippen LogP contribution in [0.1, 0.15) is 33.6 Å². The Morgan fingerprint density at radius 2 is 2.06 bits per heavy atom. The molecule has 4 heteroatoms. The quantitative estimate of drug-likeness (QED) is 0.788. The highest BCUT2D eigenvalue weighted by Gasteiger charge is 2.59. The van der Waals surface area contributed by atoms with E-state index >= 15 is 0 Å². The Kier molecular flexibility index (Phi) is 2.98. The normalized spacial score (nSPS) is 50.0. The van der Waals surface area contributed by atoms with Gasteiger partial charge in [0.15, 0.2) is 0 Å². The standard InChI is InChI=1S/C14H25NO3/c1-9-14(16,5-7-17-9)8-15-11-10-4-6-18-12(10)13(11,2)3/h9-12,15-16H,4-8H2,1-3H3. The Morgan fingerprint density at radius 3 is 2.72 bits per heavy atom. The molecule has 0 radical (unpaired) electrons. The Labute approximate surface area is 109 Å². The largest absolute Gasteiger partial charge is 0.386 e. The first kappa shape index (κ1) is 12.9. The number of hydrogen-bond acceptors (Lipinski definition) is 4. The van der Waals surface area contributed by atoms with Crippen LogP contribution in [-0.2, 0) is 9.47 Å². The lowest BCUT2D eigenvalue weighted by Gasteiger charge is -2.55. The van der Waals surface area contributed by atoms with E-state index in [2.05, 4.69) is 19.2 Å². The van der Waals surface area contributed by atoms with Gasteiger partial charge in [0.25, 0.3) is 0 Å². The number of hydrogen-bond donors (Lipinski definition) is 2.